The number of carbonyl (C=O) groups excluding carboxylic acids is 2. The van der Waals surface area contributed by atoms with Crippen LogP contribution in [0.15, 0.2) is 52.9 Å². The molecule has 28 heavy (non-hydrogen) atoms. The van der Waals surface area contributed by atoms with E-state index in [-0.39, 0.29) is 12.4 Å². The number of furan rings is 1. The van der Waals surface area contributed by atoms with Gasteiger partial charge in [-0.3, -0.25) is 4.79 Å². The van der Waals surface area contributed by atoms with E-state index in [1.165, 1.54) is 0 Å². The van der Waals surface area contributed by atoms with Crippen LogP contribution in [-0.2, 0) is 27.3 Å². The fraction of sp³-hybridized carbons (Fsp3) is 0.273. The Morgan fingerprint density at radius 1 is 1.04 bits per heavy atom. The van der Waals surface area contributed by atoms with E-state index < -0.39 is 18.5 Å². The molecule has 6 nitrogen and oxygen atoms in total. The predicted molar refractivity (Wildman–Crippen MR) is 106 cm³/mol. The average molecular weight is 381 g/mol. The number of rotatable bonds is 8. The van der Waals surface area contributed by atoms with Crippen molar-refractivity contribution in [2.24, 2.45) is 0 Å². The van der Waals surface area contributed by atoms with Crippen LogP contribution in [0.1, 0.15) is 35.5 Å². The smallest absolute Gasteiger partial charge is 0.375 e. The van der Waals surface area contributed by atoms with Crippen LogP contribution in [0.25, 0.3) is 11.0 Å². The van der Waals surface area contributed by atoms with Gasteiger partial charge in [-0.05, 0) is 31.0 Å². The lowest BCUT2D eigenvalue weighted by molar-refractivity contribution is -0.119. The largest absolute Gasteiger partial charge is 0.450 e. The molecule has 0 atom stereocenters. The van der Waals surface area contributed by atoms with E-state index in [1.807, 2.05) is 56.3 Å². The van der Waals surface area contributed by atoms with Crippen LogP contribution in [0, 0.1) is 0 Å². The summed E-state index contributed by atoms with van der Waals surface area (Å²) < 4.78 is 16.3. The van der Waals surface area contributed by atoms with E-state index in [4.69, 9.17) is 13.9 Å². The molecule has 3 rings (SSSR count). The van der Waals surface area contributed by atoms with E-state index in [1.54, 1.807) is 6.07 Å². The number of aryl methyl sites for hydroxylation is 1. The predicted octanol–water partition coefficient (Wildman–Crippen LogP) is 4.33. The zero-order chi connectivity index (χ0) is 19.9. The second-order valence-corrected chi connectivity index (χ2v) is 6.18. The quantitative estimate of drug-likeness (QED) is 0.588. The van der Waals surface area contributed by atoms with Gasteiger partial charge in [-0.25, -0.2) is 4.79 Å². The zero-order valence-electron chi connectivity index (χ0n) is 16.0. The summed E-state index contributed by atoms with van der Waals surface area (Å²) in [6, 6.07) is 14.8. The van der Waals surface area contributed by atoms with Gasteiger partial charge in [0.2, 0.25) is 5.76 Å². The molecule has 0 aliphatic heterocycles. The molecule has 6 heteroatoms. The zero-order valence-corrected chi connectivity index (χ0v) is 16.0. The van der Waals surface area contributed by atoms with Crippen molar-refractivity contribution in [1.29, 1.82) is 0 Å². The first kappa shape index (κ1) is 19.6. The van der Waals surface area contributed by atoms with Gasteiger partial charge in [0.1, 0.15) is 5.58 Å². The molecular weight excluding hydrogens is 358 g/mol. The summed E-state index contributed by atoms with van der Waals surface area (Å²) in [7, 11) is 0. The maximum Gasteiger partial charge on any atom is 0.375 e. The number of hydrogen-bond donors (Lipinski definition) is 1. The van der Waals surface area contributed by atoms with Crippen LogP contribution in [-0.4, -0.2) is 25.1 Å². The highest BCUT2D eigenvalue weighted by Gasteiger charge is 2.22. The molecule has 0 fully saturated rings. The summed E-state index contributed by atoms with van der Waals surface area (Å²) in [5.41, 5.74) is 2.93. The molecule has 1 heterocycles. The number of amides is 1. The number of nitrogens with one attached hydrogen (secondary N) is 1. The first-order valence-corrected chi connectivity index (χ1v) is 9.27. The third-order valence-electron chi connectivity index (χ3n) is 4.34. The van der Waals surface area contributed by atoms with Crippen LogP contribution in [0.4, 0.5) is 5.69 Å². The van der Waals surface area contributed by atoms with Crippen molar-refractivity contribution >= 4 is 28.5 Å². The Labute approximate surface area is 163 Å². The summed E-state index contributed by atoms with van der Waals surface area (Å²) in [5.74, 6) is -1.03. The van der Waals surface area contributed by atoms with Gasteiger partial charge in [0.25, 0.3) is 5.91 Å². The van der Waals surface area contributed by atoms with Gasteiger partial charge in [-0.1, -0.05) is 43.3 Å². The van der Waals surface area contributed by atoms with Gasteiger partial charge in [-0.15, -0.1) is 0 Å². The standard InChI is InChI=1S/C22H23NO5/c1-3-15-9-5-7-11-18(15)23-20(24)14-27-22(25)21-17(13-26-4-2)16-10-6-8-12-19(16)28-21/h5-12H,3-4,13-14H2,1-2H3,(H,23,24). The minimum absolute atomic E-state index is 0.0661. The third-order valence-corrected chi connectivity index (χ3v) is 4.34. The fourth-order valence-corrected chi connectivity index (χ4v) is 2.94. The molecule has 0 aliphatic rings. The highest BCUT2D eigenvalue weighted by Crippen LogP contribution is 2.27. The summed E-state index contributed by atoms with van der Waals surface area (Å²) in [6.07, 6.45) is 0.788. The van der Waals surface area contributed by atoms with Gasteiger partial charge in [0.05, 0.1) is 6.61 Å². The second-order valence-electron chi connectivity index (χ2n) is 6.18. The minimum Gasteiger partial charge on any atom is -0.450 e. The van der Waals surface area contributed by atoms with Crippen molar-refractivity contribution in [2.45, 2.75) is 26.9 Å². The van der Waals surface area contributed by atoms with Crippen molar-refractivity contribution < 1.29 is 23.5 Å². The van der Waals surface area contributed by atoms with E-state index >= 15 is 0 Å². The van der Waals surface area contributed by atoms with Crippen molar-refractivity contribution in [1.82, 2.24) is 0 Å². The monoisotopic (exact) mass is 381 g/mol. The molecule has 3 aromatic rings. The summed E-state index contributed by atoms with van der Waals surface area (Å²) in [4.78, 5) is 24.7. The minimum atomic E-state index is -0.690. The van der Waals surface area contributed by atoms with Crippen molar-refractivity contribution in [3.05, 3.63) is 65.4 Å². The number of para-hydroxylation sites is 2. The van der Waals surface area contributed by atoms with Gasteiger partial charge >= 0.3 is 5.97 Å². The lowest BCUT2D eigenvalue weighted by Crippen LogP contribution is -2.21. The molecule has 1 aromatic heterocycles. The number of carbonyl (C=O) groups is 2. The Kier molecular flexibility index (Phi) is 6.45. The lowest BCUT2D eigenvalue weighted by Gasteiger charge is -2.10. The number of esters is 1. The maximum absolute atomic E-state index is 12.5. The Bertz CT molecular complexity index is 976. The molecule has 0 unspecified atom stereocenters. The number of fused-ring (bicyclic) bond motifs is 1. The van der Waals surface area contributed by atoms with E-state index in [9.17, 15) is 9.59 Å². The average Bonchev–Trinajstić information content (AvgIpc) is 3.09. The van der Waals surface area contributed by atoms with E-state index in [0.29, 0.717) is 23.4 Å². The second kappa shape index (κ2) is 9.19. The molecule has 2 aromatic carbocycles. The van der Waals surface area contributed by atoms with Crippen molar-refractivity contribution in [3.63, 3.8) is 0 Å². The van der Waals surface area contributed by atoms with Gasteiger partial charge in [0, 0.05) is 23.2 Å². The summed E-state index contributed by atoms with van der Waals surface area (Å²) >= 11 is 0. The van der Waals surface area contributed by atoms with Crippen molar-refractivity contribution in [2.75, 3.05) is 18.5 Å². The first-order valence-electron chi connectivity index (χ1n) is 9.27. The Morgan fingerprint density at radius 3 is 2.57 bits per heavy atom. The normalized spacial score (nSPS) is 10.8. The number of anilines is 1. The SMILES string of the molecule is CCOCc1c(C(=O)OCC(=O)Nc2ccccc2CC)oc2ccccc12. The third kappa shape index (κ3) is 4.40. The highest BCUT2D eigenvalue weighted by atomic mass is 16.5. The number of hydrogen-bond acceptors (Lipinski definition) is 5. The van der Waals surface area contributed by atoms with Gasteiger partial charge < -0.3 is 19.2 Å². The van der Waals surface area contributed by atoms with Crippen LogP contribution in [0.2, 0.25) is 0 Å². The van der Waals surface area contributed by atoms with Crippen LogP contribution in [0.5, 0.6) is 0 Å². The Hall–Kier alpha value is -3.12. The maximum atomic E-state index is 12.5. The lowest BCUT2D eigenvalue weighted by atomic mass is 10.1. The van der Waals surface area contributed by atoms with Crippen LogP contribution >= 0.6 is 0 Å². The molecule has 146 valence electrons. The van der Waals surface area contributed by atoms with E-state index in [0.717, 1.165) is 17.4 Å². The molecule has 1 N–H and O–H groups in total. The first-order chi connectivity index (χ1) is 13.6. The molecule has 0 saturated heterocycles. The molecule has 1 amide bonds. The van der Waals surface area contributed by atoms with Gasteiger partial charge in [0.15, 0.2) is 6.61 Å². The molecule has 0 aliphatic carbocycles. The molecule has 0 radical (unpaired) electrons. The summed E-state index contributed by atoms with van der Waals surface area (Å²) in [5, 5.41) is 3.57. The molecular formula is C22H23NO5. The topological polar surface area (TPSA) is 77.8 Å². The number of ether oxygens (including phenoxy) is 2. The Balaban J connectivity index is 1.70. The fourth-order valence-electron chi connectivity index (χ4n) is 2.94. The molecule has 0 spiro atoms. The van der Waals surface area contributed by atoms with E-state index in [2.05, 4.69) is 5.32 Å². The number of benzene rings is 2. The highest BCUT2D eigenvalue weighted by molar-refractivity contribution is 5.98. The Morgan fingerprint density at radius 2 is 1.79 bits per heavy atom. The van der Waals surface area contributed by atoms with Gasteiger partial charge in [-0.2, -0.15) is 0 Å². The summed E-state index contributed by atoms with van der Waals surface area (Å²) in [6.45, 7) is 4.22. The van der Waals surface area contributed by atoms with Crippen LogP contribution in [0.3, 0.4) is 0 Å². The van der Waals surface area contributed by atoms with Crippen molar-refractivity contribution in [3.8, 4) is 0 Å². The molecule has 0 bridgehead atoms. The van der Waals surface area contributed by atoms with Crippen LogP contribution < -0.4 is 5.32 Å². The molecule has 0 saturated carbocycles.